The van der Waals surface area contributed by atoms with Gasteiger partial charge in [-0.25, -0.2) is 0 Å². The van der Waals surface area contributed by atoms with Crippen molar-refractivity contribution in [2.75, 3.05) is 7.11 Å². The van der Waals surface area contributed by atoms with Gasteiger partial charge in [0.15, 0.2) is 0 Å². The summed E-state index contributed by atoms with van der Waals surface area (Å²) >= 11 is 5.22. The quantitative estimate of drug-likeness (QED) is 0.905. The van der Waals surface area contributed by atoms with Gasteiger partial charge in [-0.05, 0) is 45.1 Å². The first kappa shape index (κ1) is 14.1. The smallest absolute Gasteiger partial charge is 0.136 e. The SMILES string of the molecule is COc1ccc(CNCc2sccc2Br)cc1C#N. The van der Waals surface area contributed by atoms with Crippen molar-refractivity contribution in [3.05, 3.63) is 50.1 Å². The Balaban J connectivity index is 1.97. The van der Waals surface area contributed by atoms with Crippen LogP contribution in [0.1, 0.15) is 16.0 Å². The van der Waals surface area contributed by atoms with Crippen LogP contribution in [0.2, 0.25) is 0 Å². The van der Waals surface area contributed by atoms with Crippen LogP contribution < -0.4 is 10.1 Å². The molecule has 0 unspecified atom stereocenters. The van der Waals surface area contributed by atoms with E-state index in [2.05, 4.69) is 32.7 Å². The molecule has 0 aliphatic carbocycles. The highest BCUT2D eigenvalue weighted by molar-refractivity contribution is 9.10. The van der Waals surface area contributed by atoms with E-state index in [1.165, 1.54) is 4.88 Å². The van der Waals surface area contributed by atoms with Crippen molar-refractivity contribution in [1.29, 1.82) is 5.26 Å². The highest BCUT2D eigenvalue weighted by Gasteiger charge is 2.04. The average molecular weight is 337 g/mol. The number of nitrogens with one attached hydrogen (secondary N) is 1. The first-order chi connectivity index (χ1) is 9.24. The van der Waals surface area contributed by atoms with Gasteiger partial charge in [-0.3, -0.25) is 0 Å². The van der Waals surface area contributed by atoms with Crippen LogP contribution in [0, 0.1) is 11.3 Å². The number of benzene rings is 1. The fraction of sp³-hybridized carbons (Fsp3) is 0.214. The minimum Gasteiger partial charge on any atom is -0.495 e. The number of nitrogens with zero attached hydrogens (tertiary/aromatic N) is 1. The molecule has 1 aromatic carbocycles. The molecule has 0 bridgehead atoms. The number of nitriles is 1. The molecule has 98 valence electrons. The van der Waals surface area contributed by atoms with Gasteiger partial charge in [0.05, 0.1) is 12.7 Å². The summed E-state index contributed by atoms with van der Waals surface area (Å²) in [5, 5.41) is 14.5. The number of thiophene rings is 1. The molecule has 2 rings (SSSR count). The summed E-state index contributed by atoms with van der Waals surface area (Å²) in [5.41, 5.74) is 1.64. The molecule has 19 heavy (non-hydrogen) atoms. The molecule has 0 saturated heterocycles. The zero-order chi connectivity index (χ0) is 13.7. The van der Waals surface area contributed by atoms with Gasteiger partial charge in [-0.1, -0.05) is 6.07 Å². The van der Waals surface area contributed by atoms with E-state index in [9.17, 15) is 0 Å². The zero-order valence-electron chi connectivity index (χ0n) is 10.4. The van der Waals surface area contributed by atoms with Crippen LogP contribution >= 0.6 is 27.3 Å². The Morgan fingerprint density at radius 2 is 2.21 bits per heavy atom. The maximum Gasteiger partial charge on any atom is 0.136 e. The van der Waals surface area contributed by atoms with E-state index in [1.807, 2.05) is 24.3 Å². The summed E-state index contributed by atoms with van der Waals surface area (Å²) in [6, 6.07) is 9.84. The fourth-order valence-corrected chi connectivity index (χ4v) is 3.19. The van der Waals surface area contributed by atoms with Gasteiger partial charge in [-0.2, -0.15) is 5.26 Å². The summed E-state index contributed by atoms with van der Waals surface area (Å²) in [6.45, 7) is 1.54. The third-order valence-corrected chi connectivity index (χ3v) is 4.62. The molecule has 1 aromatic heterocycles. The Morgan fingerprint density at radius 3 is 2.84 bits per heavy atom. The summed E-state index contributed by atoms with van der Waals surface area (Å²) in [6.07, 6.45) is 0. The molecule has 0 atom stereocenters. The molecule has 0 saturated carbocycles. The standard InChI is InChI=1S/C14H13BrN2OS/c1-18-13-3-2-10(6-11(13)7-16)8-17-9-14-12(15)4-5-19-14/h2-6,17H,8-9H2,1H3. The second-order valence-electron chi connectivity index (χ2n) is 3.94. The average Bonchev–Trinajstić information content (AvgIpc) is 2.84. The van der Waals surface area contributed by atoms with Crippen molar-refractivity contribution in [3.8, 4) is 11.8 Å². The molecule has 0 amide bonds. The van der Waals surface area contributed by atoms with Crippen molar-refractivity contribution in [2.24, 2.45) is 0 Å². The Kier molecular flexibility index (Phi) is 4.97. The van der Waals surface area contributed by atoms with Gasteiger partial charge in [0.2, 0.25) is 0 Å². The molecular weight excluding hydrogens is 324 g/mol. The van der Waals surface area contributed by atoms with E-state index in [-0.39, 0.29) is 0 Å². The number of halogens is 1. The monoisotopic (exact) mass is 336 g/mol. The van der Waals surface area contributed by atoms with Crippen LogP contribution in [0.4, 0.5) is 0 Å². The van der Waals surface area contributed by atoms with E-state index in [0.29, 0.717) is 11.3 Å². The fourth-order valence-electron chi connectivity index (χ4n) is 1.72. The zero-order valence-corrected chi connectivity index (χ0v) is 12.8. The van der Waals surface area contributed by atoms with Crippen LogP contribution in [-0.2, 0) is 13.1 Å². The lowest BCUT2D eigenvalue weighted by Gasteiger charge is -2.07. The topological polar surface area (TPSA) is 45.0 Å². The van der Waals surface area contributed by atoms with E-state index < -0.39 is 0 Å². The van der Waals surface area contributed by atoms with E-state index >= 15 is 0 Å². The van der Waals surface area contributed by atoms with Gasteiger partial charge in [0.25, 0.3) is 0 Å². The van der Waals surface area contributed by atoms with Crippen LogP contribution in [0.3, 0.4) is 0 Å². The summed E-state index contributed by atoms with van der Waals surface area (Å²) in [4.78, 5) is 1.27. The molecule has 0 spiro atoms. The Bertz CT molecular complexity index is 604. The highest BCUT2D eigenvalue weighted by atomic mass is 79.9. The molecule has 0 radical (unpaired) electrons. The Morgan fingerprint density at radius 1 is 1.37 bits per heavy atom. The normalized spacial score (nSPS) is 10.2. The number of methoxy groups -OCH3 is 1. The van der Waals surface area contributed by atoms with Crippen molar-refractivity contribution >= 4 is 27.3 Å². The van der Waals surface area contributed by atoms with E-state index in [4.69, 9.17) is 10.00 Å². The largest absolute Gasteiger partial charge is 0.495 e. The van der Waals surface area contributed by atoms with Gasteiger partial charge < -0.3 is 10.1 Å². The first-order valence-corrected chi connectivity index (χ1v) is 7.41. The van der Waals surface area contributed by atoms with Crippen LogP contribution in [0.15, 0.2) is 34.1 Å². The van der Waals surface area contributed by atoms with Gasteiger partial charge in [-0.15, -0.1) is 11.3 Å². The van der Waals surface area contributed by atoms with E-state index in [0.717, 1.165) is 23.1 Å². The second-order valence-corrected chi connectivity index (χ2v) is 5.80. The molecule has 1 N–H and O–H groups in total. The minimum atomic E-state index is 0.569. The van der Waals surface area contributed by atoms with Crippen molar-refractivity contribution < 1.29 is 4.74 Å². The molecule has 3 nitrogen and oxygen atoms in total. The van der Waals surface area contributed by atoms with Crippen molar-refractivity contribution in [3.63, 3.8) is 0 Å². The number of hydrogen-bond acceptors (Lipinski definition) is 4. The molecular formula is C14H13BrN2OS. The molecule has 1 heterocycles. The maximum absolute atomic E-state index is 9.03. The lowest BCUT2D eigenvalue weighted by atomic mass is 10.1. The minimum absolute atomic E-state index is 0.569. The first-order valence-electron chi connectivity index (χ1n) is 5.74. The predicted molar refractivity (Wildman–Crippen MR) is 80.3 cm³/mol. The molecule has 5 heteroatoms. The number of hydrogen-bond donors (Lipinski definition) is 1. The third kappa shape index (κ3) is 3.57. The van der Waals surface area contributed by atoms with Crippen LogP contribution in [-0.4, -0.2) is 7.11 Å². The third-order valence-electron chi connectivity index (χ3n) is 2.69. The number of rotatable bonds is 5. The molecule has 0 aliphatic heterocycles. The van der Waals surface area contributed by atoms with Crippen molar-refractivity contribution in [1.82, 2.24) is 5.32 Å². The Labute approximate surface area is 125 Å². The maximum atomic E-state index is 9.03. The highest BCUT2D eigenvalue weighted by Crippen LogP contribution is 2.22. The lowest BCUT2D eigenvalue weighted by molar-refractivity contribution is 0.413. The summed E-state index contributed by atoms with van der Waals surface area (Å²) in [5.74, 6) is 0.618. The second kappa shape index (κ2) is 6.71. The predicted octanol–water partition coefficient (Wildman–Crippen LogP) is 3.68. The van der Waals surface area contributed by atoms with Gasteiger partial charge >= 0.3 is 0 Å². The lowest BCUT2D eigenvalue weighted by Crippen LogP contribution is -2.12. The number of ether oxygens (including phenoxy) is 1. The Hall–Kier alpha value is -1.35. The summed E-state index contributed by atoms with van der Waals surface area (Å²) < 4.78 is 6.26. The molecule has 0 fully saturated rings. The molecule has 0 aliphatic rings. The van der Waals surface area contributed by atoms with Gasteiger partial charge in [0.1, 0.15) is 11.8 Å². The molecule has 2 aromatic rings. The van der Waals surface area contributed by atoms with Crippen LogP contribution in [0.5, 0.6) is 5.75 Å². The van der Waals surface area contributed by atoms with Crippen LogP contribution in [0.25, 0.3) is 0 Å². The summed E-state index contributed by atoms with van der Waals surface area (Å²) in [7, 11) is 1.57. The van der Waals surface area contributed by atoms with Crippen molar-refractivity contribution in [2.45, 2.75) is 13.1 Å². The van der Waals surface area contributed by atoms with Gasteiger partial charge in [0, 0.05) is 22.4 Å². The van der Waals surface area contributed by atoms with E-state index in [1.54, 1.807) is 18.4 Å².